The summed E-state index contributed by atoms with van der Waals surface area (Å²) in [5.74, 6) is 0. The monoisotopic (exact) mass is 263 g/mol. The van der Waals surface area contributed by atoms with Crippen molar-refractivity contribution in [1.29, 1.82) is 0 Å². The van der Waals surface area contributed by atoms with Crippen LogP contribution in [-0.4, -0.2) is 4.55 Å². The molecule has 0 fully saturated rings. The zero-order valence-electron chi connectivity index (χ0n) is 4.94. The molecule has 0 saturated heterocycles. The number of halogens is 5. The molecule has 1 aliphatic rings. The third-order valence-corrected chi connectivity index (χ3v) is 6.63. The van der Waals surface area contributed by atoms with Crippen LogP contribution in [0.4, 0.5) is 16.8 Å². The van der Waals surface area contributed by atoms with Crippen LogP contribution in [0.15, 0.2) is 12.8 Å². The second kappa shape index (κ2) is 2.78. The van der Waals surface area contributed by atoms with Crippen LogP contribution in [0, 0.1) is 0 Å². The van der Waals surface area contributed by atoms with Crippen molar-refractivity contribution in [3.05, 3.63) is 0 Å². The van der Waals surface area contributed by atoms with E-state index < -0.39 is 25.2 Å². The minimum atomic E-state index is -5.53. The fraction of sp³-hybridized carbons (Fsp3) is 0. The normalized spacial score (nSPS) is 37.5. The van der Waals surface area contributed by atoms with Crippen LogP contribution in [0.1, 0.15) is 0 Å². The smallest absolute Gasteiger partial charge is 0.462 e. The van der Waals surface area contributed by atoms with Crippen LogP contribution in [0.2, 0.25) is 0 Å². The van der Waals surface area contributed by atoms with Gasteiger partial charge in [-0.2, -0.15) is 0 Å². The molecule has 1 rings (SSSR count). The van der Waals surface area contributed by atoms with Crippen molar-refractivity contribution in [1.82, 2.24) is 0 Å². The molecule has 0 amide bonds. The first kappa shape index (κ1) is 10.7. The summed E-state index contributed by atoms with van der Waals surface area (Å²) >= 11 is 0. The van der Waals surface area contributed by atoms with Gasteiger partial charge in [0.2, 0.25) is 0 Å². The summed E-state index contributed by atoms with van der Waals surface area (Å²) in [6, 6.07) is 0. The molecule has 0 radical (unpaired) electrons. The van der Waals surface area contributed by atoms with Gasteiger partial charge in [-0.3, -0.25) is 0 Å². The molecule has 0 N–H and O–H groups in total. The van der Waals surface area contributed by atoms with Gasteiger partial charge >= 0.3 is 15.7 Å². The fourth-order valence-electron chi connectivity index (χ4n) is 0.421. The van der Waals surface area contributed by atoms with Crippen molar-refractivity contribution in [3.63, 3.8) is 0 Å². The number of hydrogen-bond acceptors (Lipinski definition) is 4. The second-order valence-electron chi connectivity index (χ2n) is 1.60. The fourth-order valence-corrected chi connectivity index (χ4v) is 6.01. The Morgan fingerprint density at radius 2 is 1.67 bits per heavy atom. The van der Waals surface area contributed by atoms with E-state index in [1.165, 1.54) is 0 Å². The van der Waals surface area contributed by atoms with E-state index in [9.17, 15) is 21.3 Å². The molecule has 1 unspecified atom stereocenters. The van der Waals surface area contributed by atoms with Gasteiger partial charge in [0.1, 0.15) is 0 Å². The quantitative estimate of drug-likeness (QED) is 0.365. The van der Waals surface area contributed by atoms with Crippen LogP contribution in [0.5, 0.6) is 0 Å². The summed E-state index contributed by atoms with van der Waals surface area (Å²) in [5, 5.41) is 0. The Kier molecular flexibility index (Phi) is 2.47. The summed E-state index contributed by atoms with van der Waals surface area (Å²) in [4.78, 5) is 0. The van der Waals surface area contributed by atoms with Gasteiger partial charge in [0, 0.05) is 8.28 Å². The Labute approximate surface area is 70.6 Å². The number of hydrogen-bond donors (Lipinski definition) is 0. The molecule has 0 aromatic rings. The predicted molar refractivity (Wildman–Crippen MR) is 39.6 cm³/mol. The third-order valence-electron chi connectivity index (χ3n) is 0.613. The molecule has 12 heavy (non-hydrogen) atoms. The van der Waals surface area contributed by atoms with E-state index in [1.807, 2.05) is 0 Å². The van der Waals surface area contributed by atoms with Crippen LogP contribution in [0.3, 0.4) is 0 Å². The lowest BCUT2D eigenvalue weighted by Gasteiger charge is -2.11. The van der Waals surface area contributed by atoms with E-state index in [4.69, 9.17) is 0 Å². The van der Waals surface area contributed by atoms with Crippen LogP contribution >= 0.6 is 26.3 Å². The summed E-state index contributed by atoms with van der Waals surface area (Å²) in [6.45, 7) is 0. The molecule has 1 atom stereocenters. The highest BCUT2D eigenvalue weighted by molar-refractivity contribution is 8.23. The second-order valence-corrected chi connectivity index (χ2v) is 7.51. The summed E-state index contributed by atoms with van der Waals surface area (Å²) in [6.07, 6.45) is 0. The molecular formula is ClF4N3OP2S. The lowest BCUT2D eigenvalue weighted by Crippen LogP contribution is -1.94. The van der Waals surface area contributed by atoms with Crippen molar-refractivity contribution in [2.45, 2.75) is 0 Å². The largest absolute Gasteiger partial charge is 0.591 e. The van der Waals surface area contributed by atoms with E-state index in [0.717, 1.165) is 0 Å². The van der Waals surface area contributed by atoms with Crippen LogP contribution in [0.25, 0.3) is 0 Å². The highest BCUT2D eigenvalue weighted by Gasteiger charge is 2.39. The highest BCUT2D eigenvalue weighted by Crippen LogP contribution is 2.73. The van der Waals surface area contributed by atoms with E-state index >= 15 is 0 Å². The molecule has 4 nitrogen and oxygen atoms in total. The van der Waals surface area contributed by atoms with Crippen molar-refractivity contribution in [2.75, 3.05) is 0 Å². The molecule has 72 valence electrons. The van der Waals surface area contributed by atoms with Crippen molar-refractivity contribution in [2.24, 2.45) is 12.8 Å². The van der Waals surface area contributed by atoms with Gasteiger partial charge in [0.05, 0.1) is 0 Å². The summed E-state index contributed by atoms with van der Waals surface area (Å²) in [5.41, 5.74) is 0. The van der Waals surface area contributed by atoms with Gasteiger partial charge in [0.25, 0.3) is 0 Å². The van der Waals surface area contributed by atoms with E-state index in [0.29, 0.717) is 0 Å². The predicted octanol–water partition coefficient (Wildman–Crippen LogP) is 4.31. The van der Waals surface area contributed by atoms with Gasteiger partial charge < -0.3 is 4.55 Å². The van der Waals surface area contributed by atoms with E-state index in [2.05, 4.69) is 19.0 Å². The molecule has 0 aromatic carbocycles. The minimum Gasteiger partial charge on any atom is -0.591 e. The van der Waals surface area contributed by atoms with Gasteiger partial charge in [-0.1, -0.05) is 0 Å². The maximum Gasteiger partial charge on any atom is 0.462 e. The Hall–Kier alpha value is 0.580. The van der Waals surface area contributed by atoms with Gasteiger partial charge in [-0.25, -0.2) is 0 Å². The Bertz CT molecular complexity index is 285. The number of rotatable bonds is 0. The molecule has 0 spiro atoms. The van der Waals surface area contributed by atoms with E-state index in [1.54, 1.807) is 4.52 Å². The number of nitrogens with zero attached hydrogens (tertiary/aromatic N) is 3. The Morgan fingerprint density at radius 1 is 1.17 bits per heavy atom. The molecule has 0 aromatic heterocycles. The first-order valence-electron chi connectivity index (χ1n) is 2.16. The molecule has 0 bridgehead atoms. The lowest BCUT2D eigenvalue weighted by molar-refractivity contribution is 0.597. The first-order chi connectivity index (χ1) is 5.12. The molecule has 0 aliphatic carbocycles. The van der Waals surface area contributed by atoms with Gasteiger partial charge in [-0.05, 0) is 0 Å². The zero-order valence-corrected chi connectivity index (χ0v) is 8.30. The molecule has 1 aliphatic heterocycles. The van der Waals surface area contributed by atoms with Gasteiger partial charge in [-0.15, -0.1) is 21.3 Å². The lowest BCUT2D eigenvalue weighted by atomic mass is 13.8. The zero-order chi connectivity index (χ0) is 9.62. The average Bonchev–Trinajstić information content (AvgIpc) is 1.44. The Morgan fingerprint density at radius 3 is 2.00 bits per heavy atom. The minimum absolute atomic E-state index is 1.80. The summed E-state index contributed by atoms with van der Waals surface area (Å²) < 4.78 is 65.4. The summed E-state index contributed by atoms with van der Waals surface area (Å²) in [7, 11) is -10.7. The molecular weight excluding hydrogens is 263 g/mol. The van der Waals surface area contributed by atoms with Crippen molar-refractivity contribution >= 4 is 35.8 Å². The first-order valence-corrected chi connectivity index (χ1v) is 7.41. The maximum atomic E-state index is 12.2. The third kappa shape index (κ3) is 2.81. The van der Waals surface area contributed by atoms with E-state index in [-0.39, 0.29) is 0 Å². The molecule has 0 saturated carbocycles. The van der Waals surface area contributed by atoms with Crippen LogP contribution < -0.4 is 0 Å². The topological polar surface area (TPSA) is 60.1 Å². The van der Waals surface area contributed by atoms with Crippen molar-refractivity contribution in [3.8, 4) is 0 Å². The van der Waals surface area contributed by atoms with Crippen molar-refractivity contribution < 1.29 is 21.3 Å². The molecule has 1 heterocycles. The molecule has 12 heteroatoms. The van der Waals surface area contributed by atoms with Crippen LogP contribution in [-0.2, 0) is 9.50 Å². The average molecular weight is 263 g/mol. The standard InChI is InChI=1S/ClF4N3OP2S/c1-12(9)7-10(2,3)6-11(4,5)8-12. The Balaban J connectivity index is 3.46. The highest BCUT2D eigenvalue weighted by atomic mass is 35.7. The maximum absolute atomic E-state index is 12.2. The SMILES string of the molecule is [O-][S+]1(Cl)=NP(F)(F)=NP(F)(F)=N1. The van der Waals surface area contributed by atoms with Gasteiger partial charge in [0.15, 0.2) is 20.2 Å².